The van der Waals surface area contributed by atoms with Crippen LogP contribution in [-0.2, 0) is 19.0 Å². The van der Waals surface area contributed by atoms with E-state index in [0.29, 0.717) is 10.7 Å². The Hall–Kier alpha value is -4.28. The second kappa shape index (κ2) is 9.30. The number of nitrogen functional groups attached to an aromatic ring is 1. The van der Waals surface area contributed by atoms with E-state index in [1.165, 1.54) is 41.1 Å². The molecule has 0 saturated carbocycles. The minimum absolute atomic E-state index is 0.0355. The molecule has 176 valence electrons. The predicted octanol–water partition coefficient (Wildman–Crippen LogP) is 1.44. The predicted molar refractivity (Wildman–Crippen MR) is 111 cm³/mol. The van der Waals surface area contributed by atoms with Gasteiger partial charge in [0.1, 0.15) is 6.33 Å². The SMILES string of the molecule is Cn1cnnc1SCc1c(C(=O)N/N=C/c2ccc(C(F)(F)F)cc2)nnn1-c1nonc1N. The number of carbonyl (C=O) groups excluding carboxylic acids is 1. The fourth-order valence-electron chi connectivity index (χ4n) is 2.63. The number of hydrogen-bond acceptors (Lipinski definition) is 11. The lowest BCUT2D eigenvalue weighted by Gasteiger charge is -2.06. The average Bonchev–Trinajstić information content (AvgIpc) is 3.51. The first-order valence-electron chi connectivity index (χ1n) is 9.24. The van der Waals surface area contributed by atoms with Crippen molar-refractivity contribution in [1.29, 1.82) is 0 Å². The second-order valence-electron chi connectivity index (χ2n) is 6.60. The van der Waals surface area contributed by atoms with E-state index >= 15 is 0 Å². The number of hydrazone groups is 1. The summed E-state index contributed by atoms with van der Waals surface area (Å²) in [5.41, 5.74) is 7.75. The number of nitrogens with zero attached hydrogens (tertiary/aromatic N) is 9. The molecule has 3 aromatic heterocycles. The quantitative estimate of drug-likeness (QED) is 0.218. The number of hydrogen-bond donors (Lipinski definition) is 2. The van der Waals surface area contributed by atoms with Crippen LogP contribution < -0.4 is 11.2 Å². The van der Waals surface area contributed by atoms with Crippen molar-refractivity contribution in [2.75, 3.05) is 5.73 Å². The molecular formula is C17H14F3N11O2S. The van der Waals surface area contributed by atoms with E-state index in [-0.39, 0.29) is 28.8 Å². The van der Waals surface area contributed by atoms with Gasteiger partial charge in [0, 0.05) is 12.8 Å². The summed E-state index contributed by atoms with van der Waals surface area (Å²) >= 11 is 1.24. The Bertz CT molecular complexity index is 1330. The molecule has 1 amide bonds. The molecule has 0 spiro atoms. The maximum atomic E-state index is 12.7. The third-order valence-electron chi connectivity index (χ3n) is 4.30. The van der Waals surface area contributed by atoms with Crippen molar-refractivity contribution in [2.24, 2.45) is 12.1 Å². The van der Waals surface area contributed by atoms with Crippen LogP contribution in [0, 0.1) is 0 Å². The van der Waals surface area contributed by atoms with Gasteiger partial charge in [-0.25, -0.2) is 10.1 Å². The second-order valence-corrected chi connectivity index (χ2v) is 7.54. The average molecular weight is 493 g/mol. The Morgan fingerprint density at radius 2 is 2.03 bits per heavy atom. The molecule has 0 aliphatic rings. The van der Waals surface area contributed by atoms with Crippen molar-refractivity contribution in [3.8, 4) is 5.82 Å². The number of anilines is 1. The zero-order valence-electron chi connectivity index (χ0n) is 17.1. The molecule has 0 unspecified atom stereocenters. The van der Waals surface area contributed by atoms with Gasteiger partial charge in [-0.2, -0.15) is 23.0 Å². The molecular weight excluding hydrogens is 479 g/mol. The molecule has 4 rings (SSSR count). The van der Waals surface area contributed by atoms with E-state index < -0.39 is 17.6 Å². The van der Waals surface area contributed by atoms with Gasteiger partial charge in [-0.15, -0.1) is 15.3 Å². The van der Waals surface area contributed by atoms with Crippen molar-refractivity contribution in [2.45, 2.75) is 17.1 Å². The van der Waals surface area contributed by atoms with Gasteiger partial charge in [-0.3, -0.25) is 4.79 Å². The first-order chi connectivity index (χ1) is 16.2. The topological polar surface area (TPSA) is 168 Å². The zero-order valence-corrected chi connectivity index (χ0v) is 17.9. The van der Waals surface area contributed by atoms with Crippen LogP contribution in [0.5, 0.6) is 0 Å². The van der Waals surface area contributed by atoms with E-state index in [1.807, 2.05) is 0 Å². The van der Waals surface area contributed by atoms with E-state index in [1.54, 1.807) is 11.6 Å². The number of halogens is 3. The fourth-order valence-corrected chi connectivity index (χ4v) is 3.51. The van der Waals surface area contributed by atoms with Crippen LogP contribution in [-0.4, -0.2) is 52.2 Å². The number of benzene rings is 1. The number of amides is 1. The van der Waals surface area contributed by atoms with Crippen LogP contribution in [0.1, 0.15) is 27.3 Å². The number of carbonyl (C=O) groups is 1. The standard InChI is InChI=1S/C17H14F3N11O2S/c1-30-8-23-26-16(30)34-7-11-12(24-29-31(11)14-13(21)27-33-28-14)15(32)25-22-6-9-2-4-10(5-3-9)17(18,19)20/h2-6,8H,7H2,1H3,(H2,21,27)(H,25,32)/b22-6+. The minimum Gasteiger partial charge on any atom is -0.378 e. The summed E-state index contributed by atoms with van der Waals surface area (Å²) in [7, 11) is 1.75. The Morgan fingerprint density at radius 3 is 2.65 bits per heavy atom. The van der Waals surface area contributed by atoms with Crippen molar-refractivity contribution in [1.82, 2.24) is 45.5 Å². The molecule has 0 bridgehead atoms. The third-order valence-corrected chi connectivity index (χ3v) is 5.35. The molecule has 3 N–H and O–H groups in total. The number of rotatable bonds is 7. The van der Waals surface area contributed by atoms with Gasteiger partial charge >= 0.3 is 6.18 Å². The monoisotopic (exact) mass is 493 g/mol. The highest BCUT2D eigenvalue weighted by Gasteiger charge is 2.30. The van der Waals surface area contributed by atoms with Crippen LogP contribution in [0.2, 0.25) is 0 Å². The lowest BCUT2D eigenvalue weighted by Crippen LogP contribution is -2.20. The number of nitrogens with two attached hydrogens (primary N) is 1. The first kappa shape index (κ1) is 22.9. The number of nitrogens with one attached hydrogen (secondary N) is 1. The highest BCUT2D eigenvalue weighted by molar-refractivity contribution is 7.98. The molecule has 34 heavy (non-hydrogen) atoms. The van der Waals surface area contributed by atoms with Gasteiger partial charge in [0.05, 0.1) is 17.5 Å². The van der Waals surface area contributed by atoms with Gasteiger partial charge in [0.2, 0.25) is 11.6 Å². The Balaban J connectivity index is 1.53. The molecule has 0 aliphatic carbocycles. The van der Waals surface area contributed by atoms with Gasteiger partial charge in [-0.05, 0) is 28.0 Å². The molecule has 17 heteroatoms. The number of alkyl halides is 3. The van der Waals surface area contributed by atoms with Crippen molar-refractivity contribution >= 4 is 29.7 Å². The van der Waals surface area contributed by atoms with Gasteiger partial charge < -0.3 is 10.3 Å². The van der Waals surface area contributed by atoms with Crippen molar-refractivity contribution in [3.63, 3.8) is 0 Å². The molecule has 13 nitrogen and oxygen atoms in total. The Labute approximate surface area is 192 Å². The number of aromatic nitrogens is 8. The van der Waals surface area contributed by atoms with Crippen LogP contribution in [0.25, 0.3) is 5.82 Å². The molecule has 3 heterocycles. The Morgan fingerprint density at radius 1 is 1.26 bits per heavy atom. The number of thioether (sulfide) groups is 1. The summed E-state index contributed by atoms with van der Waals surface area (Å²) in [6.07, 6.45) is -1.74. The summed E-state index contributed by atoms with van der Waals surface area (Å²) in [5.74, 6) is -0.592. The molecule has 4 aromatic rings. The Kier molecular flexibility index (Phi) is 6.26. The summed E-state index contributed by atoms with van der Waals surface area (Å²) in [4.78, 5) is 12.7. The fraction of sp³-hybridized carbons (Fsp3) is 0.176. The molecule has 0 fully saturated rings. The third kappa shape index (κ3) is 4.87. The zero-order chi connectivity index (χ0) is 24.3. The molecule has 1 aromatic carbocycles. The largest absolute Gasteiger partial charge is 0.416 e. The lowest BCUT2D eigenvalue weighted by atomic mass is 10.1. The number of aryl methyl sites for hydroxylation is 1. The van der Waals surface area contributed by atoms with E-state index in [0.717, 1.165) is 12.1 Å². The van der Waals surface area contributed by atoms with Crippen LogP contribution in [0.15, 0.2) is 45.5 Å². The summed E-state index contributed by atoms with van der Waals surface area (Å²) in [6.45, 7) is 0. The van der Waals surface area contributed by atoms with E-state index in [4.69, 9.17) is 5.73 Å². The smallest absolute Gasteiger partial charge is 0.378 e. The molecule has 0 saturated heterocycles. The van der Waals surface area contributed by atoms with Crippen molar-refractivity contribution < 1.29 is 22.6 Å². The summed E-state index contributed by atoms with van der Waals surface area (Å²) < 4.78 is 45.5. The van der Waals surface area contributed by atoms with E-state index in [9.17, 15) is 18.0 Å². The highest BCUT2D eigenvalue weighted by Crippen LogP contribution is 2.29. The molecule has 0 atom stereocenters. The first-order valence-corrected chi connectivity index (χ1v) is 10.2. The molecule has 0 radical (unpaired) electrons. The van der Waals surface area contributed by atoms with Gasteiger partial charge in [0.15, 0.2) is 10.9 Å². The van der Waals surface area contributed by atoms with Crippen LogP contribution in [0.4, 0.5) is 19.0 Å². The van der Waals surface area contributed by atoms with E-state index in [2.05, 4.69) is 46.0 Å². The maximum absolute atomic E-state index is 12.7. The normalized spacial score (nSPS) is 11.9. The van der Waals surface area contributed by atoms with Crippen LogP contribution >= 0.6 is 11.8 Å². The van der Waals surface area contributed by atoms with Crippen LogP contribution in [0.3, 0.4) is 0 Å². The summed E-state index contributed by atoms with van der Waals surface area (Å²) in [5, 5.41) is 27.0. The minimum atomic E-state index is -4.45. The molecule has 0 aliphatic heterocycles. The maximum Gasteiger partial charge on any atom is 0.416 e. The summed E-state index contributed by atoms with van der Waals surface area (Å²) in [6, 6.07) is 4.26. The van der Waals surface area contributed by atoms with Gasteiger partial charge in [-0.1, -0.05) is 29.1 Å². The van der Waals surface area contributed by atoms with Gasteiger partial charge in [0.25, 0.3) is 5.91 Å². The lowest BCUT2D eigenvalue weighted by molar-refractivity contribution is -0.137. The van der Waals surface area contributed by atoms with Crippen molar-refractivity contribution in [3.05, 3.63) is 53.1 Å². The highest BCUT2D eigenvalue weighted by atomic mass is 32.2.